The second-order valence-electron chi connectivity index (χ2n) is 5.13. The highest BCUT2D eigenvalue weighted by molar-refractivity contribution is 7.91. The molecule has 2 rings (SSSR count). The first-order valence-corrected chi connectivity index (χ1v) is 8.05. The molecule has 1 N–H and O–H groups in total. The van der Waals surface area contributed by atoms with Crippen LogP contribution in [-0.2, 0) is 9.84 Å². The predicted molar refractivity (Wildman–Crippen MR) is 65.3 cm³/mol. The van der Waals surface area contributed by atoms with E-state index in [1.165, 1.54) is 6.42 Å². The van der Waals surface area contributed by atoms with E-state index in [-0.39, 0.29) is 0 Å². The maximum Gasteiger partial charge on any atom is 0.151 e. The van der Waals surface area contributed by atoms with Crippen molar-refractivity contribution in [1.82, 2.24) is 10.2 Å². The molecular formula is C11H22N2O2S. The van der Waals surface area contributed by atoms with Gasteiger partial charge >= 0.3 is 0 Å². The largest absolute Gasteiger partial charge is 0.312 e. The third-order valence-electron chi connectivity index (χ3n) is 3.80. The van der Waals surface area contributed by atoms with Crippen molar-refractivity contribution in [3.05, 3.63) is 0 Å². The van der Waals surface area contributed by atoms with Gasteiger partial charge < -0.3 is 10.2 Å². The summed E-state index contributed by atoms with van der Waals surface area (Å²) in [6, 6.07) is 0.556. The summed E-state index contributed by atoms with van der Waals surface area (Å²) in [5.41, 5.74) is 0. The van der Waals surface area contributed by atoms with Crippen molar-refractivity contribution in [1.29, 1.82) is 0 Å². The smallest absolute Gasteiger partial charge is 0.151 e. The minimum Gasteiger partial charge on any atom is -0.312 e. The van der Waals surface area contributed by atoms with E-state index in [0.717, 1.165) is 32.0 Å². The highest BCUT2D eigenvalue weighted by Crippen LogP contribution is 2.16. The Labute approximate surface area is 98.3 Å². The average Bonchev–Trinajstić information content (AvgIpc) is 2.52. The molecule has 4 nitrogen and oxygen atoms in total. The Morgan fingerprint density at radius 1 is 1.31 bits per heavy atom. The first-order chi connectivity index (χ1) is 7.57. The minimum absolute atomic E-state index is 0.341. The van der Waals surface area contributed by atoms with E-state index in [0.29, 0.717) is 24.1 Å². The molecule has 16 heavy (non-hydrogen) atoms. The first-order valence-electron chi connectivity index (χ1n) is 6.23. The molecule has 2 unspecified atom stereocenters. The van der Waals surface area contributed by atoms with Crippen LogP contribution in [0.15, 0.2) is 0 Å². The molecule has 0 amide bonds. The van der Waals surface area contributed by atoms with Crippen LogP contribution in [0.5, 0.6) is 0 Å². The molecule has 0 aromatic heterocycles. The fraction of sp³-hybridized carbons (Fsp3) is 1.00. The Balaban J connectivity index is 1.86. The van der Waals surface area contributed by atoms with Gasteiger partial charge in [0.05, 0.1) is 11.5 Å². The van der Waals surface area contributed by atoms with Crippen molar-refractivity contribution >= 4 is 9.84 Å². The third kappa shape index (κ3) is 3.18. The molecule has 94 valence electrons. The van der Waals surface area contributed by atoms with Crippen molar-refractivity contribution in [2.45, 2.75) is 25.8 Å². The molecule has 0 spiro atoms. The Kier molecular flexibility index (Phi) is 3.87. The van der Waals surface area contributed by atoms with Gasteiger partial charge in [0.1, 0.15) is 0 Å². The zero-order valence-electron chi connectivity index (χ0n) is 9.98. The molecule has 0 aromatic carbocycles. The van der Waals surface area contributed by atoms with E-state index in [4.69, 9.17) is 0 Å². The Hall–Kier alpha value is -0.130. The van der Waals surface area contributed by atoms with Crippen LogP contribution in [0.25, 0.3) is 0 Å². The molecule has 0 aromatic rings. The molecule has 2 saturated heterocycles. The number of sulfone groups is 1. The second-order valence-corrected chi connectivity index (χ2v) is 7.44. The van der Waals surface area contributed by atoms with Gasteiger partial charge in [-0.3, -0.25) is 0 Å². The van der Waals surface area contributed by atoms with Crippen LogP contribution < -0.4 is 5.32 Å². The molecule has 2 fully saturated rings. The lowest BCUT2D eigenvalue weighted by Gasteiger charge is -2.25. The fourth-order valence-electron chi connectivity index (χ4n) is 2.59. The van der Waals surface area contributed by atoms with Crippen LogP contribution in [0.1, 0.15) is 19.8 Å². The van der Waals surface area contributed by atoms with Crippen LogP contribution in [0.4, 0.5) is 0 Å². The average molecular weight is 246 g/mol. The van der Waals surface area contributed by atoms with Gasteiger partial charge in [-0.15, -0.1) is 0 Å². The zero-order chi connectivity index (χ0) is 11.6. The van der Waals surface area contributed by atoms with Crippen LogP contribution in [0.2, 0.25) is 0 Å². The second kappa shape index (κ2) is 5.02. The van der Waals surface area contributed by atoms with Crippen molar-refractivity contribution in [2.75, 3.05) is 37.7 Å². The van der Waals surface area contributed by atoms with Gasteiger partial charge in [-0.2, -0.15) is 0 Å². The van der Waals surface area contributed by atoms with Crippen molar-refractivity contribution in [3.63, 3.8) is 0 Å². The van der Waals surface area contributed by atoms with Gasteiger partial charge in [0.15, 0.2) is 9.84 Å². The van der Waals surface area contributed by atoms with Crippen LogP contribution >= 0.6 is 0 Å². The van der Waals surface area contributed by atoms with Crippen molar-refractivity contribution in [2.24, 2.45) is 5.92 Å². The summed E-state index contributed by atoms with van der Waals surface area (Å²) in [4.78, 5) is 2.31. The molecule has 0 radical (unpaired) electrons. The molecule has 5 heteroatoms. The Morgan fingerprint density at radius 2 is 2.12 bits per heavy atom. The summed E-state index contributed by atoms with van der Waals surface area (Å²) in [5.74, 6) is 1.44. The molecule has 0 saturated carbocycles. The number of hydrogen-bond donors (Lipinski definition) is 1. The summed E-state index contributed by atoms with van der Waals surface area (Å²) >= 11 is 0. The maximum absolute atomic E-state index is 11.5. The normalized spacial score (nSPS) is 36.1. The van der Waals surface area contributed by atoms with Gasteiger partial charge in [0.25, 0.3) is 0 Å². The number of nitrogens with zero attached hydrogens (tertiary/aromatic N) is 1. The number of rotatable bonds is 2. The van der Waals surface area contributed by atoms with E-state index in [1.54, 1.807) is 0 Å². The summed E-state index contributed by atoms with van der Waals surface area (Å²) < 4.78 is 23.0. The van der Waals surface area contributed by atoms with Crippen LogP contribution in [-0.4, -0.2) is 57.0 Å². The van der Waals surface area contributed by atoms with Gasteiger partial charge in [0.2, 0.25) is 0 Å². The standard InChI is InChI=1S/C11H22N2O2S/c1-10-3-4-12-11(10)9-13-5-2-7-16(14,15)8-6-13/h10-12H,2-9H2,1H3. The first kappa shape index (κ1) is 12.3. The highest BCUT2D eigenvalue weighted by Gasteiger charge is 2.26. The maximum atomic E-state index is 11.5. The Morgan fingerprint density at radius 3 is 2.81 bits per heavy atom. The van der Waals surface area contributed by atoms with E-state index < -0.39 is 9.84 Å². The molecule has 0 bridgehead atoms. The fourth-order valence-corrected chi connectivity index (χ4v) is 3.90. The summed E-state index contributed by atoms with van der Waals surface area (Å²) in [7, 11) is -2.76. The van der Waals surface area contributed by atoms with E-state index in [1.807, 2.05) is 0 Å². The lowest BCUT2D eigenvalue weighted by atomic mass is 10.0. The topological polar surface area (TPSA) is 49.4 Å². The molecular weight excluding hydrogens is 224 g/mol. The summed E-state index contributed by atoms with van der Waals surface area (Å²) in [6.45, 7) is 6.05. The molecule has 2 heterocycles. The third-order valence-corrected chi connectivity index (χ3v) is 5.51. The molecule has 0 aliphatic carbocycles. The van der Waals surface area contributed by atoms with Gasteiger partial charge in [-0.1, -0.05) is 6.92 Å². The van der Waals surface area contributed by atoms with Crippen LogP contribution in [0.3, 0.4) is 0 Å². The van der Waals surface area contributed by atoms with E-state index >= 15 is 0 Å². The number of nitrogens with one attached hydrogen (secondary N) is 1. The molecule has 2 aliphatic heterocycles. The van der Waals surface area contributed by atoms with Gasteiger partial charge in [-0.25, -0.2) is 8.42 Å². The zero-order valence-corrected chi connectivity index (χ0v) is 10.8. The molecule has 2 atom stereocenters. The lowest BCUT2D eigenvalue weighted by molar-refractivity contribution is 0.249. The summed E-state index contributed by atoms with van der Waals surface area (Å²) in [6.07, 6.45) is 2.04. The highest BCUT2D eigenvalue weighted by atomic mass is 32.2. The number of hydrogen-bond acceptors (Lipinski definition) is 4. The molecule has 2 aliphatic rings. The van der Waals surface area contributed by atoms with Crippen LogP contribution in [0, 0.1) is 5.92 Å². The predicted octanol–water partition coefficient (Wildman–Crippen LogP) is 0.105. The van der Waals surface area contributed by atoms with E-state index in [9.17, 15) is 8.42 Å². The van der Waals surface area contributed by atoms with Gasteiger partial charge in [-0.05, 0) is 31.8 Å². The SMILES string of the molecule is CC1CCNC1CN1CCCS(=O)(=O)CC1. The van der Waals surface area contributed by atoms with Crippen molar-refractivity contribution in [3.8, 4) is 0 Å². The quantitative estimate of drug-likeness (QED) is 0.751. The monoisotopic (exact) mass is 246 g/mol. The Bertz CT molecular complexity index is 329. The van der Waals surface area contributed by atoms with E-state index in [2.05, 4.69) is 17.1 Å². The van der Waals surface area contributed by atoms with Gasteiger partial charge in [0, 0.05) is 19.1 Å². The summed E-state index contributed by atoms with van der Waals surface area (Å²) in [5, 5.41) is 3.50. The minimum atomic E-state index is -2.76. The lowest BCUT2D eigenvalue weighted by Crippen LogP contribution is -2.41. The van der Waals surface area contributed by atoms with Crippen molar-refractivity contribution < 1.29 is 8.42 Å².